The summed E-state index contributed by atoms with van der Waals surface area (Å²) in [6.45, 7) is 1.98. The van der Waals surface area contributed by atoms with E-state index in [9.17, 15) is 14.4 Å². The average Bonchev–Trinajstić information content (AvgIpc) is 2.67. The van der Waals surface area contributed by atoms with Crippen molar-refractivity contribution in [3.63, 3.8) is 0 Å². The smallest absolute Gasteiger partial charge is 0.349 e. The van der Waals surface area contributed by atoms with Gasteiger partial charge in [0.05, 0.1) is 29.1 Å². The maximum atomic E-state index is 12.9. The Morgan fingerprint density at radius 1 is 1.07 bits per heavy atom. The molecule has 0 bridgehead atoms. The van der Waals surface area contributed by atoms with Crippen LogP contribution < -0.4 is 15.4 Å². The molecule has 1 heterocycles. The number of fused-ring (bicyclic) bond motifs is 1. The summed E-state index contributed by atoms with van der Waals surface area (Å²) < 4.78 is 10.4. The molecule has 2 N–H and O–H groups in total. The lowest BCUT2D eigenvalue weighted by Crippen LogP contribution is -2.29. The molecule has 0 aliphatic carbocycles. The molecule has 28 heavy (non-hydrogen) atoms. The van der Waals surface area contributed by atoms with Gasteiger partial charge in [-0.25, -0.2) is 9.59 Å². The van der Waals surface area contributed by atoms with Gasteiger partial charge in [0.25, 0.3) is 0 Å². The second-order valence-electron chi connectivity index (χ2n) is 6.35. The van der Waals surface area contributed by atoms with Gasteiger partial charge in [0.15, 0.2) is 5.75 Å². The Hall–Kier alpha value is -3.61. The lowest BCUT2D eigenvalue weighted by Gasteiger charge is -2.24. The normalized spacial score (nSPS) is 14.8. The fourth-order valence-corrected chi connectivity index (χ4v) is 2.91. The van der Waals surface area contributed by atoms with Gasteiger partial charge in [-0.05, 0) is 36.8 Å². The number of nitrogens with zero attached hydrogens (tertiary/aromatic N) is 1. The summed E-state index contributed by atoms with van der Waals surface area (Å²) in [5.74, 6) is -1.55. The van der Waals surface area contributed by atoms with Gasteiger partial charge < -0.3 is 20.1 Å². The molecule has 0 aromatic heterocycles. The van der Waals surface area contributed by atoms with Gasteiger partial charge in [-0.3, -0.25) is 4.79 Å². The number of carbonyl (C=O) groups is 3. The molecule has 2 aromatic carbocycles. The molecule has 0 fully saturated rings. The van der Waals surface area contributed by atoms with Crippen molar-refractivity contribution in [2.45, 2.75) is 6.92 Å². The molecule has 1 aliphatic rings. The minimum Gasteiger partial charge on any atom is -0.462 e. The molecule has 0 atom stereocenters. The SMILES string of the molecule is CCOC(=O)c1ccc(/C(N)=C2/C(=O)Oc3c(cccc3N(C)C)C2=O)cc1. The molecule has 144 valence electrons. The second-order valence-corrected chi connectivity index (χ2v) is 6.35. The summed E-state index contributed by atoms with van der Waals surface area (Å²) in [6.07, 6.45) is 0. The van der Waals surface area contributed by atoms with E-state index < -0.39 is 17.7 Å². The first kappa shape index (κ1) is 19.2. The van der Waals surface area contributed by atoms with Crippen molar-refractivity contribution >= 4 is 29.1 Å². The zero-order valence-electron chi connectivity index (χ0n) is 15.8. The second kappa shape index (κ2) is 7.56. The topological polar surface area (TPSA) is 98.9 Å². The summed E-state index contributed by atoms with van der Waals surface area (Å²) >= 11 is 0. The molecular weight excluding hydrogens is 360 g/mol. The highest BCUT2D eigenvalue weighted by Gasteiger charge is 2.35. The number of hydrogen-bond acceptors (Lipinski definition) is 7. The van der Waals surface area contributed by atoms with E-state index in [1.165, 1.54) is 12.1 Å². The predicted octanol–water partition coefficient (Wildman–Crippen LogP) is 2.40. The van der Waals surface area contributed by atoms with E-state index in [-0.39, 0.29) is 29.2 Å². The van der Waals surface area contributed by atoms with Crippen LogP contribution in [-0.2, 0) is 9.53 Å². The molecule has 0 saturated heterocycles. The highest BCUT2D eigenvalue weighted by atomic mass is 16.5. The third-order valence-corrected chi connectivity index (χ3v) is 4.32. The first-order valence-corrected chi connectivity index (χ1v) is 8.69. The van der Waals surface area contributed by atoms with E-state index in [1.54, 1.807) is 56.3 Å². The quantitative estimate of drug-likeness (QED) is 0.376. The molecule has 0 radical (unpaired) electrons. The molecule has 7 nitrogen and oxygen atoms in total. The number of ketones is 1. The van der Waals surface area contributed by atoms with E-state index in [1.807, 2.05) is 0 Å². The largest absolute Gasteiger partial charge is 0.462 e. The Morgan fingerprint density at radius 2 is 1.71 bits per heavy atom. The molecule has 3 rings (SSSR count). The van der Waals surface area contributed by atoms with Gasteiger partial charge in [0.2, 0.25) is 5.78 Å². The van der Waals surface area contributed by atoms with Crippen LogP contribution in [-0.4, -0.2) is 38.4 Å². The fourth-order valence-electron chi connectivity index (χ4n) is 2.91. The van der Waals surface area contributed by atoms with Gasteiger partial charge in [0, 0.05) is 14.1 Å². The van der Waals surface area contributed by atoms with Gasteiger partial charge in [-0.2, -0.15) is 0 Å². The van der Waals surface area contributed by atoms with Gasteiger partial charge >= 0.3 is 11.9 Å². The summed E-state index contributed by atoms with van der Waals surface area (Å²) in [7, 11) is 3.58. The molecule has 0 spiro atoms. The molecule has 2 aromatic rings. The molecule has 1 aliphatic heterocycles. The summed E-state index contributed by atoms with van der Waals surface area (Å²) in [5.41, 5.74) is 7.56. The zero-order valence-corrected chi connectivity index (χ0v) is 15.8. The van der Waals surface area contributed by atoms with E-state index in [0.29, 0.717) is 16.8 Å². The van der Waals surface area contributed by atoms with Crippen LogP contribution in [0.1, 0.15) is 33.2 Å². The van der Waals surface area contributed by atoms with Crippen molar-refractivity contribution < 1.29 is 23.9 Å². The Balaban J connectivity index is 2.02. The highest BCUT2D eigenvalue weighted by molar-refractivity contribution is 6.31. The zero-order chi connectivity index (χ0) is 20.4. The first-order valence-electron chi connectivity index (χ1n) is 8.69. The van der Waals surface area contributed by atoms with Crippen molar-refractivity contribution in [2.24, 2.45) is 5.73 Å². The highest BCUT2D eigenvalue weighted by Crippen LogP contribution is 2.37. The minimum atomic E-state index is -0.807. The van der Waals surface area contributed by atoms with Crippen molar-refractivity contribution in [3.8, 4) is 5.75 Å². The van der Waals surface area contributed by atoms with Crippen LogP contribution >= 0.6 is 0 Å². The Kier molecular flexibility index (Phi) is 5.17. The van der Waals surface area contributed by atoms with Gasteiger partial charge in [-0.1, -0.05) is 18.2 Å². The first-order chi connectivity index (χ1) is 13.3. The van der Waals surface area contributed by atoms with E-state index >= 15 is 0 Å². The molecule has 0 saturated carbocycles. The average molecular weight is 380 g/mol. The van der Waals surface area contributed by atoms with Crippen molar-refractivity contribution in [1.29, 1.82) is 0 Å². The maximum absolute atomic E-state index is 12.9. The minimum absolute atomic E-state index is 0.00804. The number of Topliss-reactive ketones (excluding diaryl/α,β-unsaturated/α-hetero) is 1. The number of para-hydroxylation sites is 1. The molecule has 0 amide bonds. The van der Waals surface area contributed by atoms with Crippen LogP contribution in [0, 0.1) is 0 Å². The maximum Gasteiger partial charge on any atom is 0.349 e. The number of hydrogen-bond donors (Lipinski definition) is 1. The Bertz CT molecular complexity index is 990. The number of esters is 2. The standard InChI is InChI=1S/C21H20N2O5/c1-4-27-20(25)13-10-8-12(9-11-13)17(22)16-18(24)14-6-5-7-15(23(2)3)19(14)28-21(16)26/h5-11H,4,22H2,1-3H3/b17-16-. The van der Waals surface area contributed by atoms with E-state index in [0.717, 1.165) is 0 Å². The summed E-state index contributed by atoms with van der Waals surface area (Å²) in [4.78, 5) is 39.0. The van der Waals surface area contributed by atoms with Crippen LogP contribution in [0.4, 0.5) is 5.69 Å². The van der Waals surface area contributed by atoms with Crippen molar-refractivity contribution in [1.82, 2.24) is 0 Å². The number of nitrogens with two attached hydrogens (primary N) is 1. The molecule has 0 unspecified atom stereocenters. The van der Waals surface area contributed by atoms with Crippen LogP contribution in [0.15, 0.2) is 48.0 Å². The van der Waals surface area contributed by atoms with Gasteiger partial charge in [0.1, 0.15) is 5.57 Å². The number of anilines is 1. The van der Waals surface area contributed by atoms with Crippen LogP contribution in [0.2, 0.25) is 0 Å². The van der Waals surface area contributed by atoms with Crippen LogP contribution in [0.5, 0.6) is 5.75 Å². The number of ether oxygens (including phenoxy) is 2. The van der Waals surface area contributed by atoms with Crippen LogP contribution in [0.25, 0.3) is 5.70 Å². The number of rotatable bonds is 4. The fraction of sp³-hybridized carbons (Fsp3) is 0.190. The lowest BCUT2D eigenvalue weighted by molar-refractivity contribution is -0.130. The van der Waals surface area contributed by atoms with Crippen LogP contribution in [0.3, 0.4) is 0 Å². The van der Waals surface area contributed by atoms with Crippen molar-refractivity contribution in [3.05, 3.63) is 64.7 Å². The van der Waals surface area contributed by atoms with E-state index in [4.69, 9.17) is 15.2 Å². The Labute approximate surface area is 162 Å². The lowest BCUT2D eigenvalue weighted by atomic mass is 9.94. The third-order valence-electron chi connectivity index (χ3n) is 4.32. The molecule has 7 heteroatoms. The number of benzene rings is 2. The monoisotopic (exact) mass is 380 g/mol. The summed E-state index contributed by atoms with van der Waals surface area (Å²) in [6, 6.07) is 11.2. The predicted molar refractivity (Wildman–Crippen MR) is 104 cm³/mol. The van der Waals surface area contributed by atoms with E-state index in [2.05, 4.69) is 0 Å². The van der Waals surface area contributed by atoms with Crippen molar-refractivity contribution in [2.75, 3.05) is 25.6 Å². The number of carbonyl (C=O) groups excluding carboxylic acids is 3. The Morgan fingerprint density at radius 3 is 2.32 bits per heavy atom. The molecular formula is C21H20N2O5. The summed E-state index contributed by atoms with van der Waals surface area (Å²) in [5, 5.41) is 0. The van der Waals surface area contributed by atoms with Gasteiger partial charge in [-0.15, -0.1) is 0 Å². The third kappa shape index (κ3) is 3.34.